The summed E-state index contributed by atoms with van der Waals surface area (Å²) in [5.74, 6) is 2.03. The summed E-state index contributed by atoms with van der Waals surface area (Å²) in [7, 11) is -2.20. The molecule has 34 heavy (non-hydrogen) atoms. The second kappa shape index (κ2) is 9.14. The van der Waals surface area contributed by atoms with Crippen LogP contribution in [0.1, 0.15) is 22.5 Å². The highest BCUT2D eigenvalue weighted by atomic mass is 32.2. The average molecular weight is 480 g/mol. The lowest BCUT2D eigenvalue weighted by molar-refractivity contribution is 0.411. The van der Waals surface area contributed by atoms with Gasteiger partial charge >= 0.3 is 0 Å². The monoisotopic (exact) mass is 479 g/mol. The van der Waals surface area contributed by atoms with Crippen molar-refractivity contribution in [1.82, 2.24) is 20.0 Å². The molecule has 1 N–H and O–H groups in total. The zero-order valence-corrected chi connectivity index (χ0v) is 20.3. The van der Waals surface area contributed by atoms with Crippen LogP contribution in [0.3, 0.4) is 0 Å². The number of ether oxygens (including phenoxy) is 2. The van der Waals surface area contributed by atoms with E-state index in [-0.39, 0.29) is 4.90 Å². The number of hydrogen-bond acceptors (Lipinski definition) is 7. The molecule has 0 atom stereocenters. The van der Waals surface area contributed by atoms with Gasteiger partial charge in [-0.1, -0.05) is 0 Å². The fraction of sp³-hybridized carbons (Fsp3) is 0.208. The van der Waals surface area contributed by atoms with E-state index < -0.39 is 10.0 Å². The first-order valence-corrected chi connectivity index (χ1v) is 12.0. The van der Waals surface area contributed by atoms with E-state index in [1.165, 1.54) is 6.07 Å². The largest absolute Gasteiger partial charge is 0.496 e. The van der Waals surface area contributed by atoms with E-state index in [0.717, 1.165) is 22.5 Å². The Balaban J connectivity index is 1.44. The zero-order valence-electron chi connectivity index (χ0n) is 19.5. The smallest absolute Gasteiger partial charge is 0.261 e. The van der Waals surface area contributed by atoms with Crippen molar-refractivity contribution in [3.8, 4) is 23.2 Å². The number of hydrogen-bond donors (Lipinski definition) is 1. The minimum absolute atomic E-state index is 0.152. The molecule has 2 heterocycles. The van der Waals surface area contributed by atoms with E-state index in [9.17, 15) is 8.42 Å². The minimum atomic E-state index is -3.75. The molecule has 0 aliphatic rings. The highest BCUT2D eigenvalue weighted by Gasteiger charge is 2.16. The molecule has 4 aromatic rings. The molecule has 4 rings (SSSR count). The number of aryl methyl sites for hydroxylation is 2. The third-order valence-electron chi connectivity index (χ3n) is 5.50. The molecule has 9 nitrogen and oxygen atoms in total. The highest BCUT2D eigenvalue weighted by molar-refractivity contribution is 7.92. The van der Waals surface area contributed by atoms with Crippen molar-refractivity contribution in [2.45, 2.75) is 32.6 Å². The molecule has 2 aromatic carbocycles. The summed E-state index contributed by atoms with van der Waals surface area (Å²) < 4.78 is 40.7. The molecule has 2 aromatic heterocycles. The Morgan fingerprint density at radius 1 is 0.912 bits per heavy atom. The van der Waals surface area contributed by atoms with E-state index >= 15 is 0 Å². The van der Waals surface area contributed by atoms with Crippen LogP contribution in [-0.4, -0.2) is 35.5 Å². The van der Waals surface area contributed by atoms with Gasteiger partial charge in [0.2, 0.25) is 5.88 Å². The third-order valence-corrected chi connectivity index (χ3v) is 6.88. The van der Waals surface area contributed by atoms with Crippen LogP contribution in [0.15, 0.2) is 59.5 Å². The van der Waals surface area contributed by atoms with E-state index in [0.29, 0.717) is 28.9 Å². The molecule has 0 aliphatic heterocycles. The molecule has 0 fully saturated rings. The molecule has 0 saturated heterocycles. The lowest BCUT2D eigenvalue weighted by Crippen LogP contribution is -2.13. The summed E-state index contributed by atoms with van der Waals surface area (Å²) in [6.45, 7) is 7.73. The molecule has 0 aliphatic carbocycles. The van der Waals surface area contributed by atoms with Crippen molar-refractivity contribution in [3.05, 3.63) is 77.1 Å². The number of nitrogens with zero attached hydrogens (tertiary/aromatic N) is 4. The van der Waals surface area contributed by atoms with Crippen LogP contribution in [0, 0.1) is 27.7 Å². The van der Waals surface area contributed by atoms with Crippen LogP contribution < -0.4 is 14.2 Å². The fourth-order valence-electron chi connectivity index (χ4n) is 3.37. The molecular weight excluding hydrogens is 454 g/mol. The first kappa shape index (κ1) is 23.2. The number of benzene rings is 2. The summed E-state index contributed by atoms with van der Waals surface area (Å²) in [4.78, 5) is 0.152. The molecule has 0 unspecified atom stereocenters. The molecule has 0 radical (unpaired) electrons. The van der Waals surface area contributed by atoms with Gasteiger partial charge in [-0.3, -0.25) is 4.72 Å². The highest BCUT2D eigenvalue weighted by Crippen LogP contribution is 2.26. The maximum Gasteiger partial charge on any atom is 0.261 e. The quantitative estimate of drug-likeness (QED) is 0.416. The van der Waals surface area contributed by atoms with Crippen LogP contribution in [0.4, 0.5) is 5.69 Å². The van der Waals surface area contributed by atoms with Gasteiger partial charge < -0.3 is 9.47 Å². The lowest BCUT2D eigenvalue weighted by Gasteiger charge is -2.11. The van der Waals surface area contributed by atoms with Gasteiger partial charge in [0.1, 0.15) is 11.5 Å². The molecule has 0 saturated carbocycles. The fourth-order valence-corrected chi connectivity index (χ4v) is 4.51. The normalized spacial score (nSPS) is 11.3. The summed E-state index contributed by atoms with van der Waals surface area (Å²) in [6.07, 6.45) is 0. The topological polar surface area (TPSA) is 108 Å². The van der Waals surface area contributed by atoms with E-state index in [1.54, 1.807) is 67.2 Å². The minimum Gasteiger partial charge on any atom is -0.496 e. The van der Waals surface area contributed by atoms with Gasteiger partial charge in [0.25, 0.3) is 10.0 Å². The Morgan fingerprint density at radius 2 is 1.65 bits per heavy atom. The second-order valence-corrected chi connectivity index (χ2v) is 9.48. The molecule has 0 bridgehead atoms. The first-order valence-electron chi connectivity index (χ1n) is 10.5. The van der Waals surface area contributed by atoms with Gasteiger partial charge in [-0.05, 0) is 87.4 Å². The van der Waals surface area contributed by atoms with Crippen molar-refractivity contribution in [3.63, 3.8) is 0 Å². The van der Waals surface area contributed by atoms with Crippen LogP contribution >= 0.6 is 0 Å². The van der Waals surface area contributed by atoms with Crippen molar-refractivity contribution >= 4 is 15.7 Å². The predicted molar refractivity (Wildman–Crippen MR) is 128 cm³/mol. The SMILES string of the molecule is COc1ccc(S(=O)(=O)Nc2ccc(Oc3ccc(-n4nc(C)c(C)c4C)nn3)cc2)cc1C. The molecular formula is C24H25N5O4S. The number of methoxy groups -OCH3 is 1. The van der Waals surface area contributed by atoms with Crippen molar-refractivity contribution in [1.29, 1.82) is 0 Å². The van der Waals surface area contributed by atoms with Crippen molar-refractivity contribution in [2.24, 2.45) is 0 Å². The van der Waals surface area contributed by atoms with E-state index in [4.69, 9.17) is 9.47 Å². The van der Waals surface area contributed by atoms with Crippen LogP contribution in [0.2, 0.25) is 0 Å². The van der Waals surface area contributed by atoms with Crippen molar-refractivity contribution < 1.29 is 17.9 Å². The number of nitrogens with one attached hydrogen (secondary N) is 1. The first-order chi connectivity index (χ1) is 16.2. The number of aromatic nitrogens is 4. The van der Waals surface area contributed by atoms with Gasteiger partial charge in [-0.25, -0.2) is 13.1 Å². The van der Waals surface area contributed by atoms with Crippen LogP contribution in [0.25, 0.3) is 5.82 Å². The van der Waals surface area contributed by atoms with Gasteiger partial charge in [0, 0.05) is 17.4 Å². The molecule has 0 spiro atoms. The summed E-state index contributed by atoms with van der Waals surface area (Å²) in [5.41, 5.74) is 4.19. The van der Waals surface area contributed by atoms with Crippen LogP contribution in [-0.2, 0) is 10.0 Å². The number of anilines is 1. The Kier molecular flexibility index (Phi) is 6.25. The zero-order chi connectivity index (χ0) is 24.5. The molecule has 0 amide bonds. The Hall–Kier alpha value is -3.92. The average Bonchev–Trinajstić information content (AvgIpc) is 3.08. The van der Waals surface area contributed by atoms with Gasteiger partial charge in [-0.15, -0.1) is 10.2 Å². The van der Waals surface area contributed by atoms with E-state index in [2.05, 4.69) is 20.0 Å². The second-order valence-electron chi connectivity index (χ2n) is 7.80. The lowest BCUT2D eigenvalue weighted by atomic mass is 10.2. The maximum atomic E-state index is 12.7. The maximum absolute atomic E-state index is 12.7. The van der Waals surface area contributed by atoms with E-state index in [1.807, 2.05) is 20.8 Å². The summed E-state index contributed by atoms with van der Waals surface area (Å²) in [6, 6.07) is 14.7. The van der Waals surface area contributed by atoms with Crippen LogP contribution in [0.5, 0.6) is 17.4 Å². The standard InChI is InChI=1S/C24H25N5O4S/c1-15-14-21(10-11-22(15)32-5)34(30,31)28-19-6-8-20(9-7-19)33-24-13-12-23(25-26-24)29-18(4)16(2)17(3)27-29/h6-14,28H,1-5H3. The molecule has 10 heteroatoms. The Bertz CT molecular complexity index is 1430. The van der Waals surface area contributed by atoms with Gasteiger partial charge in [0.15, 0.2) is 5.82 Å². The van der Waals surface area contributed by atoms with Crippen molar-refractivity contribution in [2.75, 3.05) is 11.8 Å². The summed E-state index contributed by atoms with van der Waals surface area (Å²) >= 11 is 0. The number of rotatable bonds is 7. The Labute approximate surface area is 198 Å². The Morgan fingerprint density at radius 3 is 2.21 bits per heavy atom. The number of sulfonamides is 1. The van der Waals surface area contributed by atoms with Gasteiger partial charge in [0.05, 0.1) is 17.7 Å². The predicted octanol–water partition coefficient (Wildman–Crippen LogP) is 4.50. The van der Waals surface area contributed by atoms with Gasteiger partial charge in [-0.2, -0.15) is 5.10 Å². The molecule has 176 valence electrons. The third kappa shape index (κ3) is 4.72. The summed E-state index contributed by atoms with van der Waals surface area (Å²) in [5, 5.41) is 12.8.